The average Bonchev–Trinajstić information content (AvgIpc) is 3.09. The molecule has 3 aromatic rings. The first-order valence-corrected chi connectivity index (χ1v) is 10.4. The lowest BCUT2D eigenvalue weighted by Gasteiger charge is -2.32. The van der Waals surface area contributed by atoms with Crippen molar-refractivity contribution in [1.82, 2.24) is 0 Å². The maximum absolute atomic E-state index is 13.8. The van der Waals surface area contributed by atoms with E-state index >= 15 is 0 Å². The normalized spacial score (nSPS) is 16.0. The van der Waals surface area contributed by atoms with E-state index in [1.165, 1.54) is 10.5 Å². The Kier molecular flexibility index (Phi) is 4.79. The van der Waals surface area contributed by atoms with Crippen molar-refractivity contribution in [3.8, 4) is 5.75 Å². The van der Waals surface area contributed by atoms with E-state index in [0.717, 1.165) is 24.1 Å². The fourth-order valence-corrected chi connectivity index (χ4v) is 4.38. The van der Waals surface area contributed by atoms with Crippen molar-refractivity contribution in [3.63, 3.8) is 0 Å². The quantitative estimate of drug-likeness (QED) is 0.597. The number of hydrogen-bond donors (Lipinski definition) is 0. The van der Waals surface area contributed by atoms with E-state index in [4.69, 9.17) is 4.74 Å². The third kappa shape index (κ3) is 3.19. The molecule has 5 heteroatoms. The highest BCUT2D eigenvalue weighted by atomic mass is 16.5. The van der Waals surface area contributed by atoms with Crippen LogP contribution in [0.5, 0.6) is 5.75 Å². The van der Waals surface area contributed by atoms with Crippen LogP contribution in [0, 0.1) is 0 Å². The van der Waals surface area contributed by atoms with Crippen LogP contribution in [-0.2, 0) is 16.0 Å². The highest BCUT2D eigenvalue weighted by Gasteiger charge is 2.43. The molecule has 2 aliphatic rings. The van der Waals surface area contributed by atoms with Crippen LogP contribution in [0.25, 0.3) is 5.57 Å². The molecular formula is C26H22N2O3. The average molecular weight is 410 g/mol. The van der Waals surface area contributed by atoms with Gasteiger partial charge < -0.3 is 9.64 Å². The van der Waals surface area contributed by atoms with Crippen molar-refractivity contribution in [3.05, 3.63) is 95.7 Å². The molecule has 5 rings (SSSR count). The van der Waals surface area contributed by atoms with E-state index in [1.54, 1.807) is 31.4 Å². The van der Waals surface area contributed by atoms with E-state index in [-0.39, 0.29) is 11.8 Å². The molecule has 0 aliphatic carbocycles. The predicted octanol–water partition coefficient (Wildman–Crippen LogP) is 4.43. The lowest BCUT2D eigenvalue weighted by molar-refractivity contribution is -0.120. The zero-order valence-electron chi connectivity index (χ0n) is 17.2. The highest BCUT2D eigenvalue weighted by Crippen LogP contribution is 2.39. The van der Waals surface area contributed by atoms with Gasteiger partial charge in [0.15, 0.2) is 0 Å². The van der Waals surface area contributed by atoms with Crippen molar-refractivity contribution < 1.29 is 14.3 Å². The number of fused-ring (bicyclic) bond motifs is 1. The summed E-state index contributed by atoms with van der Waals surface area (Å²) in [4.78, 5) is 30.7. The topological polar surface area (TPSA) is 49.9 Å². The Balaban J connectivity index is 1.68. The minimum absolute atomic E-state index is 0.311. The molecule has 0 fully saturated rings. The van der Waals surface area contributed by atoms with Crippen molar-refractivity contribution in [2.45, 2.75) is 12.8 Å². The standard InChI is InChI=1S/C26H22N2O3/c1-31-21-14-7-13-20(17-21)28-25(29)23(19-10-3-2-4-11-19)24(26(28)30)27-16-8-12-18-9-5-6-15-22(18)27/h2-7,9-11,13-15,17H,8,12,16H2,1H3. The Bertz CT molecular complexity index is 1200. The SMILES string of the molecule is COc1cccc(N2C(=O)C(c3ccccc3)=C(N3CCCc4ccccc43)C2=O)c1. The van der Waals surface area contributed by atoms with Gasteiger partial charge >= 0.3 is 0 Å². The lowest BCUT2D eigenvalue weighted by atomic mass is 9.98. The van der Waals surface area contributed by atoms with Crippen molar-refractivity contribution in [1.29, 1.82) is 0 Å². The number of anilines is 2. The Morgan fingerprint density at radius 2 is 1.61 bits per heavy atom. The zero-order valence-corrected chi connectivity index (χ0v) is 17.2. The third-order valence-electron chi connectivity index (χ3n) is 5.81. The summed E-state index contributed by atoms with van der Waals surface area (Å²) in [5.41, 5.74) is 4.29. The molecule has 0 bridgehead atoms. The number of para-hydroxylation sites is 1. The Morgan fingerprint density at radius 1 is 0.839 bits per heavy atom. The first-order valence-electron chi connectivity index (χ1n) is 10.4. The summed E-state index contributed by atoms with van der Waals surface area (Å²) >= 11 is 0. The first-order chi connectivity index (χ1) is 15.2. The molecule has 0 atom stereocenters. The Labute approximate surface area is 181 Å². The summed E-state index contributed by atoms with van der Waals surface area (Å²) in [6.45, 7) is 0.688. The summed E-state index contributed by atoms with van der Waals surface area (Å²) in [5, 5.41) is 0. The van der Waals surface area contributed by atoms with Crippen LogP contribution in [0.1, 0.15) is 17.5 Å². The van der Waals surface area contributed by atoms with Gasteiger partial charge in [0.05, 0.1) is 18.4 Å². The number of imide groups is 1. The number of hydrogen-bond acceptors (Lipinski definition) is 4. The number of ether oxygens (including phenoxy) is 1. The number of carbonyl (C=O) groups is 2. The minimum atomic E-state index is -0.317. The Morgan fingerprint density at radius 3 is 2.42 bits per heavy atom. The van der Waals surface area contributed by atoms with Gasteiger partial charge in [-0.3, -0.25) is 9.59 Å². The number of benzene rings is 3. The van der Waals surface area contributed by atoms with Crippen LogP contribution in [0.2, 0.25) is 0 Å². The van der Waals surface area contributed by atoms with E-state index in [2.05, 4.69) is 6.07 Å². The first kappa shape index (κ1) is 19.1. The van der Waals surface area contributed by atoms with E-state index < -0.39 is 0 Å². The van der Waals surface area contributed by atoms with Gasteiger partial charge in [-0.15, -0.1) is 0 Å². The summed E-state index contributed by atoms with van der Waals surface area (Å²) < 4.78 is 5.31. The molecule has 154 valence electrons. The fourth-order valence-electron chi connectivity index (χ4n) is 4.38. The van der Waals surface area contributed by atoms with Gasteiger partial charge in [-0.2, -0.15) is 0 Å². The number of amides is 2. The maximum Gasteiger partial charge on any atom is 0.282 e. The number of nitrogens with zero attached hydrogens (tertiary/aromatic N) is 2. The van der Waals surface area contributed by atoms with Gasteiger partial charge in [-0.1, -0.05) is 54.6 Å². The van der Waals surface area contributed by atoms with Gasteiger partial charge in [0.2, 0.25) is 0 Å². The Hall–Kier alpha value is -3.86. The molecule has 2 aliphatic heterocycles. The predicted molar refractivity (Wildman–Crippen MR) is 121 cm³/mol. The van der Waals surface area contributed by atoms with Crippen molar-refractivity contribution >= 4 is 28.8 Å². The molecule has 0 aromatic heterocycles. The van der Waals surface area contributed by atoms with Crippen LogP contribution in [0.4, 0.5) is 11.4 Å². The van der Waals surface area contributed by atoms with Crippen LogP contribution < -0.4 is 14.5 Å². The molecule has 0 saturated carbocycles. The number of rotatable bonds is 4. The molecule has 31 heavy (non-hydrogen) atoms. The van der Waals surface area contributed by atoms with E-state index in [9.17, 15) is 9.59 Å². The van der Waals surface area contributed by atoms with Crippen LogP contribution in [-0.4, -0.2) is 25.5 Å². The van der Waals surface area contributed by atoms with Gasteiger partial charge in [-0.25, -0.2) is 4.90 Å². The van der Waals surface area contributed by atoms with Gasteiger partial charge in [0.1, 0.15) is 11.4 Å². The van der Waals surface area contributed by atoms with Crippen molar-refractivity contribution in [2.24, 2.45) is 0 Å². The smallest absolute Gasteiger partial charge is 0.282 e. The van der Waals surface area contributed by atoms with Crippen molar-refractivity contribution in [2.75, 3.05) is 23.5 Å². The van der Waals surface area contributed by atoms with Gasteiger partial charge in [-0.05, 0) is 42.2 Å². The summed E-state index contributed by atoms with van der Waals surface area (Å²) in [5.74, 6) is -0.0348. The largest absolute Gasteiger partial charge is 0.497 e. The molecule has 2 amide bonds. The molecule has 3 aromatic carbocycles. The maximum atomic E-state index is 13.8. The zero-order chi connectivity index (χ0) is 21.4. The highest BCUT2D eigenvalue weighted by molar-refractivity contribution is 6.46. The summed E-state index contributed by atoms with van der Waals surface area (Å²) in [6, 6.07) is 24.6. The van der Waals surface area contributed by atoms with Gasteiger partial charge in [0.25, 0.3) is 11.8 Å². The molecule has 2 heterocycles. The summed E-state index contributed by atoms with van der Waals surface area (Å²) in [7, 11) is 1.57. The second kappa shape index (κ2) is 7.76. The second-order valence-electron chi connectivity index (χ2n) is 7.62. The fraction of sp³-hybridized carbons (Fsp3) is 0.154. The molecule has 0 radical (unpaired) electrons. The monoisotopic (exact) mass is 410 g/mol. The van der Waals surface area contributed by atoms with Crippen LogP contribution >= 0.6 is 0 Å². The molecule has 0 unspecified atom stereocenters. The van der Waals surface area contributed by atoms with Crippen LogP contribution in [0.3, 0.4) is 0 Å². The number of aryl methyl sites for hydroxylation is 1. The summed E-state index contributed by atoms with van der Waals surface area (Å²) in [6.07, 6.45) is 1.88. The van der Waals surface area contributed by atoms with E-state index in [0.29, 0.717) is 29.3 Å². The third-order valence-corrected chi connectivity index (χ3v) is 5.81. The lowest BCUT2D eigenvalue weighted by Crippen LogP contribution is -2.37. The number of carbonyl (C=O) groups excluding carboxylic acids is 2. The van der Waals surface area contributed by atoms with E-state index in [1.807, 2.05) is 53.4 Å². The second-order valence-corrected chi connectivity index (χ2v) is 7.62. The minimum Gasteiger partial charge on any atom is -0.497 e. The molecular weight excluding hydrogens is 388 g/mol. The molecule has 0 spiro atoms. The number of methoxy groups -OCH3 is 1. The van der Waals surface area contributed by atoms with Crippen LogP contribution in [0.15, 0.2) is 84.6 Å². The van der Waals surface area contributed by atoms with Gasteiger partial charge in [0, 0.05) is 18.3 Å². The molecule has 5 nitrogen and oxygen atoms in total. The molecule has 0 saturated heterocycles. The molecule has 0 N–H and O–H groups in total.